The number of hydrogen-bond acceptors (Lipinski definition) is 3. The fraction of sp³-hybridized carbons (Fsp3) is 0.308. The van der Waals surface area contributed by atoms with Crippen molar-refractivity contribution in [3.8, 4) is 6.07 Å². The summed E-state index contributed by atoms with van der Waals surface area (Å²) in [7, 11) is 0. The minimum atomic E-state index is -1.09. The maximum absolute atomic E-state index is 11.8. The third kappa shape index (κ3) is 4.24. The Morgan fingerprint density at radius 2 is 2.05 bits per heavy atom. The zero-order valence-corrected chi connectivity index (χ0v) is 12.6. The predicted octanol–water partition coefficient (Wildman–Crippen LogP) is 2.55. The number of carbonyl (C=O) groups excluding carboxylic acids is 1. The Bertz CT molecular complexity index is 566. The SMILES string of the molecule is CC(C)C(NC(=O)Nc1ccc(C#N)cc1Br)C(=O)O. The quantitative estimate of drug-likeness (QED) is 0.784. The monoisotopic (exact) mass is 339 g/mol. The molecule has 106 valence electrons. The van der Waals surface area contributed by atoms with Crippen molar-refractivity contribution in [3.05, 3.63) is 28.2 Å². The molecule has 0 saturated carbocycles. The van der Waals surface area contributed by atoms with Crippen LogP contribution < -0.4 is 10.6 Å². The second-order valence-corrected chi connectivity index (χ2v) is 5.32. The van der Waals surface area contributed by atoms with Crippen LogP contribution in [0.25, 0.3) is 0 Å². The van der Waals surface area contributed by atoms with E-state index in [9.17, 15) is 9.59 Å². The van der Waals surface area contributed by atoms with Gasteiger partial charge < -0.3 is 15.7 Å². The first-order valence-corrected chi connectivity index (χ1v) is 6.64. The Balaban J connectivity index is 2.76. The lowest BCUT2D eigenvalue weighted by molar-refractivity contribution is -0.140. The molecule has 0 heterocycles. The number of aliphatic carboxylic acids is 1. The smallest absolute Gasteiger partial charge is 0.326 e. The van der Waals surface area contributed by atoms with Gasteiger partial charge in [-0.1, -0.05) is 13.8 Å². The van der Waals surface area contributed by atoms with Crippen LogP contribution in [0.2, 0.25) is 0 Å². The highest BCUT2D eigenvalue weighted by Crippen LogP contribution is 2.23. The summed E-state index contributed by atoms with van der Waals surface area (Å²) in [6.45, 7) is 3.41. The summed E-state index contributed by atoms with van der Waals surface area (Å²) in [5, 5.41) is 22.7. The predicted molar refractivity (Wildman–Crippen MR) is 77.3 cm³/mol. The standard InChI is InChI=1S/C13H14BrN3O3/c1-7(2)11(12(18)19)17-13(20)16-10-4-3-8(6-15)5-9(10)14/h3-5,7,11H,1-2H3,(H,18,19)(H2,16,17,20). The molecule has 3 N–H and O–H groups in total. The topological polar surface area (TPSA) is 102 Å². The third-order valence-corrected chi connectivity index (χ3v) is 3.22. The summed E-state index contributed by atoms with van der Waals surface area (Å²) < 4.78 is 0.545. The van der Waals surface area contributed by atoms with Crippen LogP contribution in [0.15, 0.2) is 22.7 Å². The van der Waals surface area contributed by atoms with Gasteiger partial charge in [0.2, 0.25) is 0 Å². The van der Waals surface area contributed by atoms with Gasteiger partial charge in [0.25, 0.3) is 0 Å². The van der Waals surface area contributed by atoms with E-state index in [0.29, 0.717) is 15.7 Å². The van der Waals surface area contributed by atoms with Gasteiger partial charge in [-0.15, -0.1) is 0 Å². The van der Waals surface area contributed by atoms with Gasteiger partial charge in [0.05, 0.1) is 17.3 Å². The van der Waals surface area contributed by atoms with Gasteiger partial charge in [-0.05, 0) is 40.0 Å². The molecule has 1 unspecified atom stereocenters. The number of carboxylic acids is 1. The number of carbonyl (C=O) groups is 2. The van der Waals surface area contributed by atoms with Gasteiger partial charge in [-0.2, -0.15) is 5.26 Å². The Morgan fingerprint density at radius 3 is 2.50 bits per heavy atom. The summed E-state index contributed by atoms with van der Waals surface area (Å²) in [5.41, 5.74) is 0.905. The van der Waals surface area contributed by atoms with E-state index in [2.05, 4.69) is 26.6 Å². The highest BCUT2D eigenvalue weighted by molar-refractivity contribution is 9.10. The van der Waals surface area contributed by atoms with E-state index in [1.807, 2.05) is 6.07 Å². The summed E-state index contributed by atoms with van der Waals surface area (Å²) in [5.74, 6) is -1.32. The first kappa shape index (κ1) is 16.0. The van der Waals surface area contributed by atoms with Gasteiger partial charge in [0.1, 0.15) is 6.04 Å². The van der Waals surface area contributed by atoms with E-state index < -0.39 is 18.0 Å². The lowest BCUT2D eigenvalue weighted by atomic mass is 10.1. The average Bonchev–Trinajstić information content (AvgIpc) is 2.37. The number of halogens is 1. The molecule has 0 fully saturated rings. The van der Waals surface area contributed by atoms with Gasteiger partial charge in [0, 0.05) is 4.47 Å². The van der Waals surface area contributed by atoms with E-state index in [1.54, 1.807) is 32.0 Å². The molecule has 0 aliphatic heterocycles. The van der Waals surface area contributed by atoms with Crippen molar-refractivity contribution in [3.63, 3.8) is 0 Å². The largest absolute Gasteiger partial charge is 0.480 e. The highest BCUT2D eigenvalue weighted by Gasteiger charge is 2.23. The van der Waals surface area contributed by atoms with E-state index in [-0.39, 0.29) is 5.92 Å². The molecule has 1 aromatic rings. The summed E-state index contributed by atoms with van der Waals surface area (Å²) in [6.07, 6.45) is 0. The van der Waals surface area contributed by atoms with Crippen molar-refractivity contribution >= 4 is 33.6 Å². The van der Waals surface area contributed by atoms with Crippen LogP contribution in [0.3, 0.4) is 0 Å². The van der Waals surface area contributed by atoms with Crippen molar-refractivity contribution in [1.29, 1.82) is 5.26 Å². The fourth-order valence-corrected chi connectivity index (χ4v) is 1.98. The van der Waals surface area contributed by atoms with Crippen LogP contribution in [0, 0.1) is 17.2 Å². The van der Waals surface area contributed by atoms with Crippen LogP contribution in [0.5, 0.6) is 0 Å². The zero-order valence-electron chi connectivity index (χ0n) is 11.0. The van der Waals surface area contributed by atoms with Crippen LogP contribution in [-0.4, -0.2) is 23.1 Å². The van der Waals surface area contributed by atoms with E-state index in [1.165, 1.54) is 0 Å². The number of nitriles is 1. The minimum Gasteiger partial charge on any atom is -0.480 e. The Labute approximate surface area is 124 Å². The van der Waals surface area contributed by atoms with Gasteiger partial charge in [0.15, 0.2) is 0 Å². The van der Waals surface area contributed by atoms with E-state index in [0.717, 1.165) is 0 Å². The molecular weight excluding hydrogens is 326 g/mol. The number of rotatable bonds is 4. The number of nitrogens with one attached hydrogen (secondary N) is 2. The van der Waals surface area contributed by atoms with Crippen molar-refractivity contribution < 1.29 is 14.7 Å². The molecule has 6 nitrogen and oxygen atoms in total. The first-order chi connectivity index (χ1) is 9.35. The summed E-state index contributed by atoms with van der Waals surface area (Å²) >= 11 is 3.23. The van der Waals surface area contributed by atoms with E-state index in [4.69, 9.17) is 10.4 Å². The molecule has 0 saturated heterocycles. The maximum Gasteiger partial charge on any atom is 0.326 e. The molecule has 20 heavy (non-hydrogen) atoms. The number of amides is 2. The van der Waals surface area contributed by atoms with Crippen LogP contribution in [0.1, 0.15) is 19.4 Å². The molecule has 0 radical (unpaired) electrons. The molecule has 0 aliphatic rings. The van der Waals surface area contributed by atoms with Crippen molar-refractivity contribution in [2.45, 2.75) is 19.9 Å². The zero-order chi connectivity index (χ0) is 15.3. The first-order valence-electron chi connectivity index (χ1n) is 5.85. The Hall–Kier alpha value is -2.07. The summed E-state index contributed by atoms with van der Waals surface area (Å²) in [6, 6.07) is 5.07. The van der Waals surface area contributed by atoms with Crippen molar-refractivity contribution in [2.24, 2.45) is 5.92 Å². The number of benzene rings is 1. The minimum absolute atomic E-state index is 0.234. The summed E-state index contributed by atoms with van der Waals surface area (Å²) in [4.78, 5) is 22.8. The lowest BCUT2D eigenvalue weighted by Gasteiger charge is -2.18. The fourth-order valence-electron chi connectivity index (χ4n) is 1.50. The van der Waals surface area contributed by atoms with Crippen molar-refractivity contribution in [2.75, 3.05) is 5.32 Å². The second kappa shape index (κ2) is 6.91. The molecule has 2 amide bonds. The van der Waals surface area contributed by atoms with Crippen LogP contribution in [-0.2, 0) is 4.79 Å². The molecule has 0 aromatic heterocycles. The molecular formula is C13H14BrN3O3. The molecule has 1 aromatic carbocycles. The molecule has 0 spiro atoms. The number of urea groups is 1. The second-order valence-electron chi connectivity index (χ2n) is 4.46. The molecule has 1 rings (SSSR count). The average molecular weight is 340 g/mol. The molecule has 7 heteroatoms. The number of nitrogens with zero attached hydrogens (tertiary/aromatic N) is 1. The third-order valence-electron chi connectivity index (χ3n) is 2.57. The van der Waals surface area contributed by atoms with E-state index >= 15 is 0 Å². The molecule has 0 aliphatic carbocycles. The van der Waals surface area contributed by atoms with Gasteiger partial charge >= 0.3 is 12.0 Å². The van der Waals surface area contributed by atoms with Crippen LogP contribution >= 0.6 is 15.9 Å². The van der Waals surface area contributed by atoms with Gasteiger partial charge in [-0.25, -0.2) is 9.59 Å². The van der Waals surface area contributed by atoms with Crippen LogP contribution in [0.4, 0.5) is 10.5 Å². The normalized spacial score (nSPS) is 11.6. The number of carboxylic acid groups (broad SMARTS) is 1. The molecule has 0 bridgehead atoms. The highest BCUT2D eigenvalue weighted by atomic mass is 79.9. The van der Waals surface area contributed by atoms with Crippen molar-refractivity contribution in [1.82, 2.24) is 5.32 Å². The number of hydrogen-bond donors (Lipinski definition) is 3. The van der Waals surface area contributed by atoms with Gasteiger partial charge in [-0.3, -0.25) is 0 Å². The molecule has 1 atom stereocenters. The number of anilines is 1. The Kier molecular flexibility index (Phi) is 5.53. The maximum atomic E-state index is 11.8. The lowest BCUT2D eigenvalue weighted by Crippen LogP contribution is -2.46. The Morgan fingerprint density at radius 1 is 1.40 bits per heavy atom.